The molecule has 0 radical (unpaired) electrons. The molecule has 94 valence electrons. The quantitative estimate of drug-likeness (QED) is 0.762. The van der Waals surface area contributed by atoms with Crippen LogP contribution < -0.4 is 5.32 Å². The molecule has 1 aromatic carbocycles. The maximum absolute atomic E-state index is 6.02. The summed E-state index contributed by atoms with van der Waals surface area (Å²) < 4.78 is 0. The number of nitrogens with one attached hydrogen (secondary N) is 1. The molecule has 1 aliphatic rings. The number of hydrogen-bond donors (Lipinski definition) is 1. The van der Waals surface area contributed by atoms with Crippen LogP contribution in [-0.2, 0) is 0 Å². The van der Waals surface area contributed by atoms with E-state index < -0.39 is 0 Å². The van der Waals surface area contributed by atoms with E-state index in [1.54, 1.807) is 0 Å². The minimum atomic E-state index is 0.451. The van der Waals surface area contributed by atoms with Gasteiger partial charge in [-0.25, -0.2) is 0 Å². The van der Waals surface area contributed by atoms with E-state index in [-0.39, 0.29) is 0 Å². The van der Waals surface area contributed by atoms with Crippen molar-refractivity contribution in [2.24, 2.45) is 5.41 Å². The molecule has 17 heavy (non-hydrogen) atoms. The van der Waals surface area contributed by atoms with Crippen molar-refractivity contribution in [1.29, 1.82) is 0 Å². The second-order valence-electron chi connectivity index (χ2n) is 5.73. The third-order valence-electron chi connectivity index (χ3n) is 3.50. The number of hydrogen-bond acceptors (Lipinski definition) is 1. The zero-order valence-electron chi connectivity index (χ0n) is 10.4. The van der Waals surface area contributed by atoms with Crippen molar-refractivity contribution in [3.63, 3.8) is 0 Å². The van der Waals surface area contributed by atoms with Gasteiger partial charge in [0.05, 0.1) is 10.0 Å². The molecule has 1 fully saturated rings. The van der Waals surface area contributed by atoms with Gasteiger partial charge in [-0.05, 0) is 42.9 Å². The smallest absolute Gasteiger partial charge is 0.0612 e. The van der Waals surface area contributed by atoms with E-state index in [1.807, 2.05) is 18.2 Å². The molecule has 1 saturated carbocycles. The van der Waals surface area contributed by atoms with Crippen molar-refractivity contribution in [3.05, 3.63) is 28.2 Å². The molecule has 3 heteroatoms. The second kappa shape index (κ2) is 5.07. The van der Waals surface area contributed by atoms with Crippen molar-refractivity contribution in [2.75, 3.05) is 5.32 Å². The van der Waals surface area contributed by atoms with Crippen molar-refractivity contribution >= 4 is 28.9 Å². The van der Waals surface area contributed by atoms with Gasteiger partial charge in [-0.15, -0.1) is 0 Å². The molecule has 1 unspecified atom stereocenters. The van der Waals surface area contributed by atoms with Crippen LogP contribution in [0.25, 0.3) is 0 Å². The van der Waals surface area contributed by atoms with E-state index in [4.69, 9.17) is 23.2 Å². The van der Waals surface area contributed by atoms with Crippen LogP contribution in [0.4, 0.5) is 5.69 Å². The van der Waals surface area contributed by atoms with Crippen LogP contribution in [0.2, 0.25) is 10.0 Å². The van der Waals surface area contributed by atoms with Crippen LogP contribution in [0, 0.1) is 5.41 Å². The fraction of sp³-hybridized carbons (Fsp3) is 0.571. The molecule has 0 bridgehead atoms. The number of benzene rings is 1. The third-order valence-corrected chi connectivity index (χ3v) is 4.23. The van der Waals surface area contributed by atoms with Gasteiger partial charge in [-0.1, -0.05) is 43.5 Å². The van der Waals surface area contributed by atoms with Gasteiger partial charge in [-0.2, -0.15) is 0 Å². The Balaban J connectivity index is 2.03. The van der Waals surface area contributed by atoms with Gasteiger partial charge in [-0.3, -0.25) is 0 Å². The van der Waals surface area contributed by atoms with Gasteiger partial charge >= 0.3 is 0 Å². The number of rotatable bonds is 2. The SMILES string of the molecule is CC1(C)CCCC(Nc2ccc(Cl)c(Cl)c2)C1. The van der Waals surface area contributed by atoms with Crippen LogP contribution in [-0.4, -0.2) is 6.04 Å². The maximum Gasteiger partial charge on any atom is 0.0612 e. The van der Waals surface area contributed by atoms with Gasteiger partial charge < -0.3 is 5.32 Å². The molecular weight excluding hydrogens is 253 g/mol. The summed E-state index contributed by atoms with van der Waals surface area (Å²) in [6, 6.07) is 6.30. The minimum Gasteiger partial charge on any atom is -0.382 e. The lowest BCUT2D eigenvalue weighted by Gasteiger charge is -2.36. The van der Waals surface area contributed by atoms with E-state index in [9.17, 15) is 0 Å². The first-order valence-corrected chi connectivity index (χ1v) is 6.93. The predicted molar refractivity (Wildman–Crippen MR) is 76.1 cm³/mol. The molecule has 0 aliphatic heterocycles. The molecule has 1 nitrogen and oxygen atoms in total. The molecule has 0 saturated heterocycles. The molecule has 1 atom stereocenters. The van der Waals surface area contributed by atoms with E-state index in [2.05, 4.69) is 19.2 Å². The minimum absolute atomic E-state index is 0.451. The Kier molecular flexibility index (Phi) is 3.89. The number of anilines is 1. The van der Waals surface area contributed by atoms with Crippen LogP contribution >= 0.6 is 23.2 Å². The molecule has 0 heterocycles. The van der Waals surface area contributed by atoms with E-state index >= 15 is 0 Å². The highest BCUT2D eigenvalue weighted by Crippen LogP contribution is 2.36. The molecule has 1 aliphatic carbocycles. The Labute approximate surface area is 114 Å². The lowest BCUT2D eigenvalue weighted by molar-refractivity contribution is 0.229. The Hall–Kier alpha value is -0.400. The average molecular weight is 272 g/mol. The van der Waals surface area contributed by atoms with Gasteiger partial charge in [0.15, 0.2) is 0 Å². The zero-order valence-corrected chi connectivity index (χ0v) is 11.9. The van der Waals surface area contributed by atoms with Gasteiger partial charge in [0.25, 0.3) is 0 Å². The Morgan fingerprint density at radius 3 is 2.65 bits per heavy atom. The molecule has 0 amide bonds. The molecule has 2 rings (SSSR count). The van der Waals surface area contributed by atoms with Gasteiger partial charge in [0, 0.05) is 11.7 Å². The summed E-state index contributed by atoms with van der Waals surface area (Å²) in [5.41, 5.74) is 1.52. The summed E-state index contributed by atoms with van der Waals surface area (Å²) in [5, 5.41) is 4.79. The fourth-order valence-corrected chi connectivity index (χ4v) is 2.94. The summed E-state index contributed by atoms with van der Waals surface area (Å²) in [5.74, 6) is 0. The van der Waals surface area contributed by atoms with Crippen molar-refractivity contribution in [1.82, 2.24) is 0 Å². The van der Waals surface area contributed by atoms with Crippen molar-refractivity contribution < 1.29 is 0 Å². The Bertz CT molecular complexity index is 401. The highest BCUT2D eigenvalue weighted by atomic mass is 35.5. The van der Waals surface area contributed by atoms with Crippen LogP contribution in [0.3, 0.4) is 0 Å². The predicted octanol–water partition coefficient (Wildman–Crippen LogP) is 5.37. The molecular formula is C14H19Cl2N. The summed E-state index contributed by atoms with van der Waals surface area (Å²) in [7, 11) is 0. The second-order valence-corrected chi connectivity index (χ2v) is 6.55. The fourth-order valence-electron chi connectivity index (χ4n) is 2.64. The normalized spacial score (nSPS) is 23.4. The highest BCUT2D eigenvalue weighted by molar-refractivity contribution is 6.42. The zero-order chi connectivity index (χ0) is 12.5. The lowest BCUT2D eigenvalue weighted by atomic mass is 9.75. The van der Waals surface area contributed by atoms with Crippen molar-refractivity contribution in [2.45, 2.75) is 45.6 Å². The molecule has 1 aromatic rings. The largest absolute Gasteiger partial charge is 0.382 e. The summed E-state index contributed by atoms with van der Waals surface area (Å²) in [6.45, 7) is 4.69. The topological polar surface area (TPSA) is 12.0 Å². The molecule has 0 aromatic heterocycles. The first-order valence-electron chi connectivity index (χ1n) is 6.18. The monoisotopic (exact) mass is 271 g/mol. The Morgan fingerprint density at radius 2 is 2.00 bits per heavy atom. The lowest BCUT2D eigenvalue weighted by Crippen LogP contribution is -2.31. The summed E-state index contributed by atoms with van der Waals surface area (Å²) in [4.78, 5) is 0. The van der Waals surface area contributed by atoms with Gasteiger partial charge in [0.2, 0.25) is 0 Å². The van der Waals surface area contributed by atoms with Crippen LogP contribution in [0.5, 0.6) is 0 Å². The first kappa shape index (κ1) is 13.0. The van der Waals surface area contributed by atoms with E-state index in [1.165, 1.54) is 25.7 Å². The van der Waals surface area contributed by atoms with E-state index in [0.717, 1.165) is 5.69 Å². The first-order chi connectivity index (χ1) is 7.96. The van der Waals surface area contributed by atoms with Gasteiger partial charge in [0.1, 0.15) is 0 Å². The van der Waals surface area contributed by atoms with Crippen molar-refractivity contribution in [3.8, 4) is 0 Å². The third kappa shape index (κ3) is 3.53. The summed E-state index contributed by atoms with van der Waals surface area (Å²) >= 11 is 11.9. The van der Waals surface area contributed by atoms with Crippen LogP contribution in [0.15, 0.2) is 18.2 Å². The maximum atomic E-state index is 6.02. The average Bonchev–Trinajstić information content (AvgIpc) is 2.22. The standard InChI is InChI=1S/C14H19Cl2N/c1-14(2)7-3-4-11(9-14)17-10-5-6-12(15)13(16)8-10/h5-6,8,11,17H,3-4,7,9H2,1-2H3. The van der Waals surface area contributed by atoms with E-state index in [0.29, 0.717) is 21.5 Å². The molecule has 0 spiro atoms. The summed E-state index contributed by atoms with van der Waals surface area (Å²) in [6.07, 6.45) is 5.08. The number of halogens is 2. The highest BCUT2D eigenvalue weighted by Gasteiger charge is 2.27. The molecule has 1 N–H and O–H groups in total. The van der Waals surface area contributed by atoms with Crippen LogP contribution in [0.1, 0.15) is 39.5 Å². The Morgan fingerprint density at radius 1 is 1.24 bits per heavy atom.